The zero-order valence-corrected chi connectivity index (χ0v) is 11.7. The number of hydrogen-bond donors (Lipinski definition) is 3. The van der Waals surface area contributed by atoms with E-state index in [-0.39, 0.29) is 17.9 Å². The minimum Gasteiger partial charge on any atom is -0.398 e. The highest BCUT2D eigenvalue weighted by atomic mass is 16.2. The number of hydrogen-bond acceptors (Lipinski definition) is 3. The number of nitrogens with one attached hydrogen (secondary N) is 2. The largest absolute Gasteiger partial charge is 0.398 e. The maximum atomic E-state index is 12.3. The summed E-state index contributed by atoms with van der Waals surface area (Å²) < 4.78 is 0. The molecule has 0 unspecified atom stereocenters. The van der Waals surface area contributed by atoms with Crippen molar-refractivity contribution in [3.05, 3.63) is 29.3 Å². The van der Waals surface area contributed by atoms with Gasteiger partial charge in [0.25, 0.3) is 11.8 Å². The summed E-state index contributed by atoms with van der Waals surface area (Å²) >= 11 is 0. The van der Waals surface area contributed by atoms with Crippen LogP contribution in [0.1, 0.15) is 52.8 Å². The van der Waals surface area contributed by atoms with Crippen molar-refractivity contribution in [2.45, 2.75) is 38.1 Å². The molecule has 2 amide bonds. The zero-order valence-electron chi connectivity index (χ0n) is 11.7. The number of benzene rings is 1. The number of carbonyl (C=O) groups excluding carboxylic acids is 2. The smallest absolute Gasteiger partial charge is 0.253 e. The molecule has 1 aliphatic rings. The van der Waals surface area contributed by atoms with Gasteiger partial charge in [0.15, 0.2) is 0 Å². The molecule has 0 heterocycles. The topological polar surface area (TPSA) is 84.2 Å². The van der Waals surface area contributed by atoms with Crippen LogP contribution in [-0.2, 0) is 0 Å². The summed E-state index contributed by atoms with van der Waals surface area (Å²) in [5.74, 6) is -0.420. The van der Waals surface area contributed by atoms with Crippen LogP contribution in [0.25, 0.3) is 0 Å². The van der Waals surface area contributed by atoms with Crippen molar-refractivity contribution in [2.24, 2.45) is 0 Å². The van der Waals surface area contributed by atoms with Gasteiger partial charge in [0.1, 0.15) is 0 Å². The van der Waals surface area contributed by atoms with Gasteiger partial charge < -0.3 is 16.4 Å². The summed E-state index contributed by atoms with van der Waals surface area (Å²) in [6.07, 6.45) is 5.57. The highest BCUT2D eigenvalue weighted by Crippen LogP contribution is 2.19. The summed E-state index contributed by atoms with van der Waals surface area (Å²) in [6, 6.07) is 4.98. The fraction of sp³-hybridized carbons (Fsp3) is 0.467. The molecule has 0 saturated heterocycles. The first kappa shape index (κ1) is 14.4. The summed E-state index contributed by atoms with van der Waals surface area (Å²) in [6.45, 7) is 0. The number of amides is 2. The van der Waals surface area contributed by atoms with Gasteiger partial charge in [-0.2, -0.15) is 0 Å². The molecule has 108 valence electrons. The van der Waals surface area contributed by atoms with Crippen molar-refractivity contribution in [3.63, 3.8) is 0 Å². The van der Waals surface area contributed by atoms with Gasteiger partial charge in [0.2, 0.25) is 0 Å². The van der Waals surface area contributed by atoms with Gasteiger partial charge in [-0.25, -0.2) is 0 Å². The SMILES string of the molecule is CNC(=O)c1ccc(N)c(C(=O)NC2CCCCC2)c1. The van der Waals surface area contributed by atoms with Crippen molar-refractivity contribution >= 4 is 17.5 Å². The van der Waals surface area contributed by atoms with Crippen molar-refractivity contribution < 1.29 is 9.59 Å². The van der Waals surface area contributed by atoms with Gasteiger partial charge in [-0.05, 0) is 31.0 Å². The van der Waals surface area contributed by atoms with E-state index in [0.717, 1.165) is 25.7 Å². The second kappa shape index (κ2) is 6.41. The van der Waals surface area contributed by atoms with Crippen LogP contribution < -0.4 is 16.4 Å². The number of rotatable bonds is 3. The van der Waals surface area contributed by atoms with E-state index in [1.165, 1.54) is 6.42 Å². The molecule has 20 heavy (non-hydrogen) atoms. The van der Waals surface area contributed by atoms with Gasteiger partial charge in [-0.3, -0.25) is 9.59 Å². The molecule has 0 aliphatic heterocycles. The third kappa shape index (κ3) is 3.29. The third-order valence-electron chi connectivity index (χ3n) is 3.73. The lowest BCUT2D eigenvalue weighted by molar-refractivity contribution is 0.0928. The molecule has 0 aromatic heterocycles. The molecule has 0 bridgehead atoms. The molecule has 0 radical (unpaired) electrons. The molecule has 1 aromatic carbocycles. The minimum atomic E-state index is -0.225. The normalized spacial score (nSPS) is 15.7. The zero-order chi connectivity index (χ0) is 14.5. The van der Waals surface area contributed by atoms with Crippen LogP contribution in [0.3, 0.4) is 0 Å². The minimum absolute atomic E-state index is 0.194. The first-order valence-electron chi connectivity index (χ1n) is 7.04. The Morgan fingerprint density at radius 3 is 2.50 bits per heavy atom. The first-order valence-corrected chi connectivity index (χ1v) is 7.04. The number of carbonyl (C=O) groups is 2. The average molecular weight is 275 g/mol. The summed E-state index contributed by atoms with van der Waals surface area (Å²) in [5.41, 5.74) is 7.05. The lowest BCUT2D eigenvalue weighted by Crippen LogP contribution is -2.36. The van der Waals surface area contributed by atoms with Crippen LogP contribution in [0.4, 0.5) is 5.69 Å². The lowest BCUT2D eigenvalue weighted by Gasteiger charge is -2.23. The van der Waals surface area contributed by atoms with E-state index in [1.54, 1.807) is 25.2 Å². The molecular formula is C15H21N3O2. The Bertz CT molecular complexity index is 508. The van der Waals surface area contributed by atoms with Crippen LogP contribution >= 0.6 is 0 Å². The quantitative estimate of drug-likeness (QED) is 0.734. The molecule has 1 fully saturated rings. The number of nitrogen functional groups attached to an aromatic ring is 1. The molecule has 0 spiro atoms. The van der Waals surface area contributed by atoms with Crippen molar-refractivity contribution in [1.82, 2.24) is 10.6 Å². The lowest BCUT2D eigenvalue weighted by atomic mass is 9.95. The highest BCUT2D eigenvalue weighted by Gasteiger charge is 2.19. The van der Waals surface area contributed by atoms with Gasteiger partial charge in [-0.15, -0.1) is 0 Å². The number of nitrogens with two attached hydrogens (primary N) is 1. The standard InChI is InChI=1S/C15H21N3O2/c1-17-14(19)10-7-8-13(16)12(9-10)15(20)18-11-5-3-2-4-6-11/h7-9,11H,2-6,16H2,1H3,(H,17,19)(H,18,20). The fourth-order valence-corrected chi connectivity index (χ4v) is 2.55. The Morgan fingerprint density at radius 2 is 1.85 bits per heavy atom. The Hall–Kier alpha value is -2.04. The second-order valence-electron chi connectivity index (χ2n) is 5.19. The predicted molar refractivity (Wildman–Crippen MR) is 78.6 cm³/mol. The molecular weight excluding hydrogens is 254 g/mol. The van der Waals surface area contributed by atoms with Crippen molar-refractivity contribution in [3.8, 4) is 0 Å². The molecule has 1 aromatic rings. The molecule has 0 atom stereocenters. The van der Waals surface area contributed by atoms with E-state index in [4.69, 9.17) is 5.73 Å². The number of anilines is 1. The molecule has 5 heteroatoms. The third-order valence-corrected chi connectivity index (χ3v) is 3.73. The Labute approximate surface area is 118 Å². The first-order chi connectivity index (χ1) is 9.61. The molecule has 5 nitrogen and oxygen atoms in total. The average Bonchev–Trinajstić information content (AvgIpc) is 2.48. The maximum Gasteiger partial charge on any atom is 0.253 e. The predicted octanol–water partition coefficient (Wildman–Crippen LogP) is 1.69. The van der Waals surface area contributed by atoms with E-state index < -0.39 is 0 Å². The van der Waals surface area contributed by atoms with Gasteiger partial charge >= 0.3 is 0 Å². The fourth-order valence-electron chi connectivity index (χ4n) is 2.55. The van der Waals surface area contributed by atoms with Gasteiger partial charge in [-0.1, -0.05) is 19.3 Å². The van der Waals surface area contributed by atoms with E-state index in [9.17, 15) is 9.59 Å². The van der Waals surface area contributed by atoms with Crippen LogP contribution in [-0.4, -0.2) is 24.9 Å². The van der Waals surface area contributed by atoms with Crippen molar-refractivity contribution in [1.29, 1.82) is 0 Å². The van der Waals surface area contributed by atoms with Gasteiger partial charge in [0, 0.05) is 24.3 Å². The maximum absolute atomic E-state index is 12.3. The summed E-state index contributed by atoms with van der Waals surface area (Å²) in [7, 11) is 1.56. The summed E-state index contributed by atoms with van der Waals surface area (Å²) in [5, 5.41) is 5.55. The Morgan fingerprint density at radius 1 is 1.15 bits per heavy atom. The van der Waals surface area contributed by atoms with E-state index >= 15 is 0 Å². The monoisotopic (exact) mass is 275 g/mol. The van der Waals surface area contributed by atoms with Crippen LogP contribution in [0.15, 0.2) is 18.2 Å². The van der Waals surface area contributed by atoms with E-state index in [0.29, 0.717) is 16.8 Å². The van der Waals surface area contributed by atoms with Gasteiger partial charge in [0.05, 0.1) is 5.56 Å². The highest BCUT2D eigenvalue weighted by molar-refractivity contribution is 6.03. The van der Waals surface area contributed by atoms with Crippen LogP contribution in [0, 0.1) is 0 Å². The summed E-state index contributed by atoms with van der Waals surface area (Å²) in [4.78, 5) is 23.9. The molecule has 2 rings (SSSR count). The van der Waals surface area contributed by atoms with E-state index in [1.807, 2.05) is 0 Å². The van der Waals surface area contributed by atoms with Crippen molar-refractivity contribution in [2.75, 3.05) is 12.8 Å². The van der Waals surface area contributed by atoms with Crippen LogP contribution in [0.5, 0.6) is 0 Å². The van der Waals surface area contributed by atoms with E-state index in [2.05, 4.69) is 10.6 Å². The Kier molecular flexibility index (Phi) is 4.61. The second-order valence-corrected chi connectivity index (χ2v) is 5.19. The van der Waals surface area contributed by atoms with Crippen LogP contribution in [0.2, 0.25) is 0 Å². The molecule has 1 aliphatic carbocycles. The molecule has 4 N–H and O–H groups in total. The Balaban J connectivity index is 2.13. The molecule has 1 saturated carbocycles.